The SMILES string of the molecule is COc1ccc(CCCNC(=O)c2cnn(-c3ccc(F)cc3)c2C(C)C)cc1. The molecule has 5 nitrogen and oxygen atoms in total. The fraction of sp³-hybridized carbons (Fsp3) is 0.304. The largest absolute Gasteiger partial charge is 0.497 e. The molecule has 1 N–H and O–H groups in total. The van der Waals surface area contributed by atoms with Gasteiger partial charge in [0.15, 0.2) is 0 Å². The molecule has 6 heteroatoms. The average Bonchev–Trinajstić information content (AvgIpc) is 3.17. The lowest BCUT2D eigenvalue weighted by Gasteiger charge is -2.13. The second-order valence-electron chi connectivity index (χ2n) is 7.19. The summed E-state index contributed by atoms with van der Waals surface area (Å²) in [6, 6.07) is 14.0. The standard InChI is InChI=1S/C23H26FN3O2/c1-16(2)22-21(15-26-27(22)19-10-8-18(24)9-11-19)23(28)25-14-4-5-17-6-12-20(29-3)13-7-17/h6-13,15-16H,4-5,14H2,1-3H3,(H,25,28). The zero-order valence-electron chi connectivity index (χ0n) is 17.0. The van der Waals surface area contributed by atoms with Gasteiger partial charge in [0.05, 0.1) is 30.3 Å². The predicted molar refractivity (Wildman–Crippen MR) is 111 cm³/mol. The number of ether oxygens (including phenoxy) is 1. The maximum Gasteiger partial charge on any atom is 0.254 e. The third kappa shape index (κ3) is 5.02. The highest BCUT2D eigenvalue weighted by atomic mass is 19.1. The number of hydrogen-bond acceptors (Lipinski definition) is 3. The summed E-state index contributed by atoms with van der Waals surface area (Å²) in [6.07, 6.45) is 3.29. The van der Waals surface area contributed by atoms with E-state index in [0.717, 1.165) is 30.0 Å². The van der Waals surface area contributed by atoms with Crippen LogP contribution in [0, 0.1) is 5.82 Å². The summed E-state index contributed by atoms with van der Waals surface area (Å²) < 4.78 is 20.1. The number of nitrogens with zero attached hydrogens (tertiary/aromatic N) is 2. The second kappa shape index (κ2) is 9.37. The van der Waals surface area contributed by atoms with Gasteiger partial charge in [0.1, 0.15) is 11.6 Å². The van der Waals surface area contributed by atoms with Gasteiger partial charge in [0.2, 0.25) is 0 Å². The lowest BCUT2D eigenvalue weighted by atomic mass is 10.0. The van der Waals surface area contributed by atoms with Crippen molar-refractivity contribution in [1.29, 1.82) is 0 Å². The molecule has 0 aliphatic rings. The molecule has 3 aromatic rings. The molecule has 3 rings (SSSR count). The van der Waals surface area contributed by atoms with Gasteiger partial charge in [-0.15, -0.1) is 0 Å². The van der Waals surface area contributed by atoms with Gasteiger partial charge in [-0.1, -0.05) is 26.0 Å². The first-order valence-corrected chi connectivity index (χ1v) is 9.74. The normalized spacial score (nSPS) is 10.9. The summed E-state index contributed by atoms with van der Waals surface area (Å²) in [5.41, 5.74) is 3.29. The number of aromatic nitrogens is 2. The van der Waals surface area contributed by atoms with Gasteiger partial charge in [-0.3, -0.25) is 4.79 Å². The van der Waals surface area contributed by atoms with Gasteiger partial charge in [-0.25, -0.2) is 9.07 Å². The summed E-state index contributed by atoms with van der Waals surface area (Å²) in [7, 11) is 1.65. The molecule has 0 bridgehead atoms. The maximum atomic E-state index is 13.2. The highest BCUT2D eigenvalue weighted by Gasteiger charge is 2.20. The number of hydrogen-bond donors (Lipinski definition) is 1. The Kier molecular flexibility index (Phi) is 6.65. The van der Waals surface area contributed by atoms with E-state index in [1.807, 2.05) is 38.1 Å². The minimum absolute atomic E-state index is 0.0857. The molecular weight excluding hydrogens is 369 g/mol. The first-order chi connectivity index (χ1) is 14.0. The molecule has 152 valence electrons. The maximum absolute atomic E-state index is 13.2. The third-order valence-electron chi connectivity index (χ3n) is 4.76. The van der Waals surface area contributed by atoms with Crippen LogP contribution in [0.15, 0.2) is 54.7 Å². The first-order valence-electron chi connectivity index (χ1n) is 9.74. The number of methoxy groups -OCH3 is 1. The number of benzene rings is 2. The van der Waals surface area contributed by atoms with Crippen LogP contribution in [0.4, 0.5) is 4.39 Å². The Labute approximate surface area is 170 Å². The Balaban J connectivity index is 1.63. The minimum atomic E-state index is -0.304. The molecule has 0 aliphatic carbocycles. The quantitative estimate of drug-likeness (QED) is 0.571. The molecule has 0 fully saturated rings. The van der Waals surface area contributed by atoms with Crippen LogP contribution in [0.25, 0.3) is 5.69 Å². The molecule has 0 saturated heterocycles. The molecule has 0 spiro atoms. The van der Waals surface area contributed by atoms with Crippen LogP contribution in [-0.4, -0.2) is 29.3 Å². The highest BCUT2D eigenvalue weighted by Crippen LogP contribution is 2.23. The Morgan fingerprint density at radius 1 is 1.14 bits per heavy atom. The lowest BCUT2D eigenvalue weighted by molar-refractivity contribution is 0.0952. The first kappa shape index (κ1) is 20.6. The Morgan fingerprint density at radius 3 is 2.45 bits per heavy atom. The van der Waals surface area contributed by atoms with Gasteiger partial charge in [-0.2, -0.15) is 5.10 Å². The van der Waals surface area contributed by atoms with E-state index in [2.05, 4.69) is 10.4 Å². The number of carbonyl (C=O) groups is 1. The molecule has 2 aromatic carbocycles. The van der Waals surface area contributed by atoms with Crippen molar-refractivity contribution in [2.24, 2.45) is 0 Å². The van der Waals surface area contributed by atoms with Crippen LogP contribution in [0.1, 0.15) is 47.8 Å². The Morgan fingerprint density at radius 2 is 1.83 bits per heavy atom. The third-order valence-corrected chi connectivity index (χ3v) is 4.76. The van der Waals surface area contributed by atoms with Crippen LogP contribution < -0.4 is 10.1 Å². The van der Waals surface area contributed by atoms with Crippen molar-refractivity contribution >= 4 is 5.91 Å². The van der Waals surface area contributed by atoms with Crippen LogP contribution in [0.2, 0.25) is 0 Å². The fourth-order valence-electron chi connectivity index (χ4n) is 3.26. The number of rotatable bonds is 8. The molecule has 0 radical (unpaired) electrons. The van der Waals surface area contributed by atoms with Crippen molar-refractivity contribution in [3.8, 4) is 11.4 Å². The van der Waals surface area contributed by atoms with E-state index in [9.17, 15) is 9.18 Å². The molecule has 0 unspecified atom stereocenters. The number of aryl methyl sites for hydroxylation is 1. The van der Waals surface area contributed by atoms with E-state index < -0.39 is 0 Å². The summed E-state index contributed by atoms with van der Waals surface area (Å²) >= 11 is 0. The molecule has 0 saturated carbocycles. The zero-order valence-corrected chi connectivity index (χ0v) is 17.0. The topological polar surface area (TPSA) is 56.1 Å². The van der Waals surface area contributed by atoms with E-state index in [4.69, 9.17) is 4.74 Å². The van der Waals surface area contributed by atoms with Gasteiger partial charge in [-0.05, 0) is 60.7 Å². The number of amides is 1. The van der Waals surface area contributed by atoms with Gasteiger partial charge >= 0.3 is 0 Å². The number of nitrogens with one attached hydrogen (secondary N) is 1. The molecular formula is C23H26FN3O2. The predicted octanol–water partition coefficient (Wildman–Crippen LogP) is 4.51. The molecule has 29 heavy (non-hydrogen) atoms. The molecule has 1 heterocycles. The Hall–Kier alpha value is -3.15. The van der Waals surface area contributed by atoms with Gasteiger partial charge in [0, 0.05) is 6.54 Å². The van der Waals surface area contributed by atoms with Crippen LogP contribution in [-0.2, 0) is 6.42 Å². The molecule has 1 aromatic heterocycles. The lowest BCUT2D eigenvalue weighted by Crippen LogP contribution is -2.26. The average molecular weight is 395 g/mol. The van der Waals surface area contributed by atoms with Crippen molar-refractivity contribution in [1.82, 2.24) is 15.1 Å². The smallest absolute Gasteiger partial charge is 0.254 e. The van der Waals surface area contributed by atoms with Crippen LogP contribution in [0.5, 0.6) is 5.75 Å². The van der Waals surface area contributed by atoms with Crippen LogP contribution in [0.3, 0.4) is 0 Å². The van der Waals surface area contributed by atoms with Crippen molar-refractivity contribution in [2.45, 2.75) is 32.6 Å². The van der Waals surface area contributed by atoms with E-state index in [1.54, 1.807) is 30.1 Å². The monoisotopic (exact) mass is 395 g/mol. The number of halogens is 1. The van der Waals surface area contributed by atoms with Crippen LogP contribution >= 0.6 is 0 Å². The molecule has 1 amide bonds. The van der Waals surface area contributed by atoms with E-state index >= 15 is 0 Å². The highest BCUT2D eigenvalue weighted by molar-refractivity contribution is 5.95. The van der Waals surface area contributed by atoms with Crippen molar-refractivity contribution in [3.63, 3.8) is 0 Å². The second-order valence-corrected chi connectivity index (χ2v) is 7.19. The van der Waals surface area contributed by atoms with E-state index in [1.165, 1.54) is 17.7 Å². The van der Waals surface area contributed by atoms with Crippen molar-refractivity contribution < 1.29 is 13.9 Å². The molecule has 0 aliphatic heterocycles. The van der Waals surface area contributed by atoms with E-state index in [0.29, 0.717) is 12.1 Å². The van der Waals surface area contributed by atoms with Gasteiger partial charge in [0.25, 0.3) is 5.91 Å². The summed E-state index contributed by atoms with van der Waals surface area (Å²) in [6.45, 7) is 4.60. The van der Waals surface area contributed by atoms with E-state index in [-0.39, 0.29) is 17.6 Å². The fourth-order valence-corrected chi connectivity index (χ4v) is 3.26. The summed E-state index contributed by atoms with van der Waals surface area (Å²) in [5, 5.41) is 7.36. The zero-order chi connectivity index (χ0) is 20.8. The molecule has 0 atom stereocenters. The van der Waals surface area contributed by atoms with Crippen molar-refractivity contribution in [2.75, 3.05) is 13.7 Å². The van der Waals surface area contributed by atoms with Crippen molar-refractivity contribution in [3.05, 3.63) is 77.4 Å². The minimum Gasteiger partial charge on any atom is -0.497 e. The summed E-state index contributed by atoms with van der Waals surface area (Å²) in [5.74, 6) is 0.475. The van der Waals surface area contributed by atoms with Gasteiger partial charge < -0.3 is 10.1 Å². The summed E-state index contributed by atoms with van der Waals surface area (Å²) in [4.78, 5) is 12.7. The number of carbonyl (C=O) groups excluding carboxylic acids is 1. The Bertz CT molecular complexity index is 947.